The molecular weight excluding hydrogens is 532 g/mol. The summed E-state index contributed by atoms with van der Waals surface area (Å²) in [7, 11) is 0. The molecule has 0 aliphatic carbocycles. The van der Waals surface area contributed by atoms with E-state index in [1.165, 1.54) is 23.9 Å². The zero-order valence-electron chi connectivity index (χ0n) is 23.5. The van der Waals surface area contributed by atoms with Crippen molar-refractivity contribution < 1.29 is 29.0 Å². The molecule has 2 atom stereocenters. The molecule has 0 fully saturated rings. The number of benzene rings is 2. The van der Waals surface area contributed by atoms with Gasteiger partial charge < -0.3 is 31.1 Å². The third-order valence-electron chi connectivity index (χ3n) is 5.63. The quantitative estimate of drug-likeness (QED) is 0.234. The number of carbonyl (C=O) groups excluding carboxylic acids is 4. The lowest BCUT2D eigenvalue weighted by Crippen LogP contribution is -2.55. The average molecular weight is 573 g/mol. The van der Waals surface area contributed by atoms with Gasteiger partial charge in [-0.25, -0.2) is 4.79 Å². The van der Waals surface area contributed by atoms with Crippen LogP contribution in [0.3, 0.4) is 0 Å². The second-order valence-electron chi connectivity index (χ2n) is 10.2. The molecule has 0 unspecified atom stereocenters. The van der Waals surface area contributed by atoms with Crippen LogP contribution in [0.25, 0.3) is 0 Å². The minimum absolute atomic E-state index is 0.0720. The normalized spacial score (nSPS) is 12.5. The van der Waals surface area contributed by atoms with Gasteiger partial charge in [-0.1, -0.05) is 42.5 Å². The molecular formula is C29H40N4O6S. The molecule has 0 aliphatic rings. The second-order valence-corrected chi connectivity index (χ2v) is 11.2. The van der Waals surface area contributed by atoms with Crippen LogP contribution in [-0.2, 0) is 32.0 Å². The summed E-state index contributed by atoms with van der Waals surface area (Å²) in [5.74, 6) is -0.753. The molecule has 0 bridgehead atoms. The molecule has 0 aliphatic heterocycles. The fourth-order valence-corrected chi connectivity index (χ4v) is 4.12. The van der Waals surface area contributed by atoms with Gasteiger partial charge in [-0.15, -0.1) is 0 Å². The van der Waals surface area contributed by atoms with Gasteiger partial charge in [0.1, 0.15) is 23.4 Å². The third kappa shape index (κ3) is 12.9. The van der Waals surface area contributed by atoms with Crippen molar-refractivity contribution in [1.29, 1.82) is 0 Å². The van der Waals surface area contributed by atoms with E-state index in [9.17, 15) is 24.3 Å². The Kier molecular flexibility index (Phi) is 13.3. The first-order valence-electron chi connectivity index (χ1n) is 13.1. The van der Waals surface area contributed by atoms with Gasteiger partial charge >= 0.3 is 6.09 Å². The first-order chi connectivity index (χ1) is 19.0. The Morgan fingerprint density at radius 3 is 2.17 bits per heavy atom. The van der Waals surface area contributed by atoms with Gasteiger partial charge in [0.05, 0.1) is 6.54 Å². The van der Waals surface area contributed by atoms with Crippen LogP contribution in [0.1, 0.15) is 38.3 Å². The molecule has 0 saturated carbocycles. The maximum Gasteiger partial charge on any atom is 0.408 e. The lowest BCUT2D eigenvalue weighted by Gasteiger charge is -2.25. The Bertz CT molecular complexity index is 1110. The number of carbonyl (C=O) groups is 4. The predicted molar refractivity (Wildman–Crippen MR) is 156 cm³/mol. The van der Waals surface area contributed by atoms with Gasteiger partial charge in [-0.05, 0) is 68.9 Å². The molecule has 218 valence electrons. The van der Waals surface area contributed by atoms with E-state index in [1.807, 2.05) is 36.6 Å². The zero-order chi connectivity index (χ0) is 29.5. The summed E-state index contributed by atoms with van der Waals surface area (Å²) in [6, 6.07) is 14.0. The highest BCUT2D eigenvalue weighted by atomic mass is 32.2. The fraction of sp³-hybridized carbons (Fsp3) is 0.448. The number of hydrogen-bond acceptors (Lipinski definition) is 7. The first-order valence-corrected chi connectivity index (χ1v) is 14.5. The number of rotatable bonds is 14. The van der Waals surface area contributed by atoms with Gasteiger partial charge in [0.25, 0.3) is 0 Å². The Morgan fingerprint density at radius 2 is 1.55 bits per heavy atom. The SMILES string of the molecule is CSCC[C@H](NC(=O)[C@H](Cc1ccc(O)cc1)NC(=O)OC(C)(C)C)C(=O)NCC(=O)NCCc1ccccc1. The maximum atomic E-state index is 13.3. The summed E-state index contributed by atoms with van der Waals surface area (Å²) >= 11 is 1.51. The van der Waals surface area contributed by atoms with E-state index < -0.39 is 35.6 Å². The number of ether oxygens (including phenoxy) is 1. The second kappa shape index (κ2) is 16.4. The van der Waals surface area contributed by atoms with Gasteiger partial charge in [0.15, 0.2) is 0 Å². The minimum atomic E-state index is -1.05. The molecule has 11 heteroatoms. The Labute approximate surface area is 240 Å². The third-order valence-corrected chi connectivity index (χ3v) is 6.27. The number of alkyl carbamates (subject to hydrolysis) is 1. The molecule has 0 aromatic heterocycles. The van der Waals surface area contributed by atoms with Gasteiger partial charge in [-0.2, -0.15) is 11.8 Å². The summed E-state index contributed by atoms with van der Waals surface area (Å²) in [5, 5.41) is 20.3. The first kappa shape index (κ1) is 32.5. The molecule has 10 nitrogen and oxygen atoms in total. The summed E-state index contributed by atoms with van der Waals surface area (Å²) in [4.78, 5) is 51.0. The number of hydrogen-bond donors (Lipinski definition) is 5. The van der Waals surface area contributed by atoms with Crippen molar-refractivity contribution >= 4 is 35.6 Å². The molecule has 2 rings (SSSR count). The molecule has 5 N–H and O–H groups in total. The van der Waals surface area contributed by atoms with Crippen molar-refractivity contribution in [2.75, 3.05) is 25.1 Å². The van der Waals surface area contributed by atoms with E-state index in [-0.39, 0.29) is 24.6 Å². The molecule has 0 spiro atoms. The minimum Gasteiger partial charge on any atom is -0.508 e. The van der Waals surface area contributed by atoms with Crippen LogP contribution in [0.5, 0.6) is 5.75 Å². The van der Waals surface area contributed by atoms with Crippen LogP contribution in [0.4, 0.5) is 4.79 Å². The summed E-state index contributed by atoms with van der Waals surface area (Å²) in [5.41, 5.74) is 1.01. The molecule has 4 amide bonds. The fourth-order valence-electron chi connectivity index (χ4n) is 3.65. The standard InChI is InChI=1S/C29H40N4O6S/c1-29(2,3)39-28(38)33-24(18-21-10-12-22(34)13-11-21)27(37)32-23(15-17-40-4)26(36)31-19-25(35)30-16-14-20-8-6-5-7-9-20/h5-13,23-24,34H,14-19H2,1-4H3,(H,30,35)(H,31,36)(H,32,37)(H,33,38)/t23-,24-/m0/s1. The van der Waals surface area contributed by atoms with Crippen molar-refractivity contribution in [3.8, 4) is 5.75 Å². The largest absolute Gasteiger partial charge is 0.508 e. The van der Waals surface area contributed by atoms with E-state index in [2.05, 4.69) is 21.3 Å². The molecule has 40 heavy (non-hydrogen) atoms. The van der Waals surface area contributed by atoms with Crippen molar-refractivity contribution in [1.82, 2.24) is 21.3 Å². The lowest BCUT2D eigenvalue weighted by molar-refractivity contribution is -0.131. The highest BCUT2D eigenvalue weighted by Crippen LogP contribution is 2.13. The number of amides is 4. The Hall–Kier alpha value is -3.73. The van der Waals surface area contributed by atoms with Crippen molar-refractivity contribution in [2.24, 2.45) is 0 Å². The van der Waals surface area contributed by atoms with Crippen LogP contribution < -0.4 is 21.3 Å². The number of phenolic OH excluding ortho intramolecular Hbond substituents is 1. The molecule has 2 aromatic rings. The highest BCUT2D eigenvalue weighted by Gasteiger charge is 2.28. The number of thioether (sulfide) groups is 1. The highest BCUT2D eigenvalue weighted by molar-refractivity contribution is 7.98. The maximum absolute atomic E-state index is 13.3. The van der Waals surface area contributed by atoms with Gasteiger partial charge in [0, 0.05) is 13.0 Å². The Balaban J connectivity index is 2.01. The van der Waals surface area contributed by atoms with E-state index >= 15 is 0 Å². The monoisotopic (exact) mass is 572 g/mol. The zero-order valence-corrected chi connectivity index (χ0v) is 24.3. The van der Waals surface area contributed by atoms with Crippen molar-refractivity contribution in [3.63, 3.8) is 0 Å². The summed E-state index contributed by atoms with van der Waals surface area (Å²) in [6.07, 6.45) is 2.21. The average Bonchev–Trinajstić information content (AvgIpc) is 2.90. The van der Waals surface area contributed by atoms with Crippen molar-refractivity contribution in [3.05, 3.63) is 65.7 Å². The molecule has 2 aromatic carbocycles. The van der Waals surface area contributed by atoms with E-state index in [0.717, 1.165) is 5.56 Å². The lowest BCUT2D eigenvalue weighted by atomic mass is 10.0. The van der Waals surface area contributed by atoms with E-state index in [4.69, 9.17) is 4.74 Å². The number of aromatic hydroxyl groups is 1. The van der Waals surface area contributed by atoms with E-state index in [1.54, 1.807) is 32.9 Å². The van der Waals surface area contributed by atoms with Crippen molar-refractivity contribution in [2.45, 2.75) is 57.7 Å². The van der Waals surface area contributed by atoms with Crippen LogP contribution >= 0.6 is 11.8 Å². The smallest absolute Gasteiger partial charge is 0.408 e. The molecule has 0 heterocycles. The summed E-state index contributed by atoms with van der Waals surface area (Å²) in [6.45, 7) is 5.33. The Morgan fingerprint density at radius 1 is 0.875 bits per heavy atom. The molecule has 0 saturated heterocycles. The van der Waals surface area contributed by atoms with Crippen LogP contribution in [0.15, 0.2) is 54.6 Å². The van der Waals surface area contributed by atoms with Crippen LogP contribution in [0.2, 0.25) is 0 Å². The van der Waals surface area contributed by atoms with E-state index in [0.29, 0.717) is 30.7 Å². The number of nitrogens with one attached hydrogen (secondary N) is 4. The van der Waals surface area contributed by atoms with Gasteiger partial charge in [-0.3, -0.25) is 14.4 Å². The topological polar surface area (TPSA) is 146 Å². The van der Waals surface area contributed by atoms with Gasteiger partial charge in [0.2, 0.25) is 17.7 Å². The number of phenols is 1. The predicted octanol–water partition coefficient (Wildman–Crippen LogP) is 2.54. The van der Waals surface area contributed by atoms with Crippen LogP contribution in [0, 0.1) is 0 Å². The summed E-state index contributed by atoms with van der Waals surface area (Å²) < 4.78 is 5.32. The van der Waals surface area contributed by atoms with Crippen LogP contribution in [-0.4, -0.2) is 71.7 Å². The molecule has 0 radical (unpaired) electrons.